The van der Waals surface area contributed by atoms with Gasteiger partial charge in [-0.25, -0.2) is 29.2 Å². The summed E-state index contributed by atoms with van der Waals surface area (Å²) in [4.78, 5) is 61.4. The molecule has 2 aromatic rings. The number of halogens is 2. The normalized spacial score (nSPS) is 20.6. The summed E-state index contributed by atoms with van der Waals surface area (Å²) in [5, 5.41) is 4.97. The first kappa shape index (κ1) is 45.7. The third kappa shape index (κ3) is 13.6. The molecule has 328 valence electrons. The largest absolute Gasteiger partial charge is 0.415 e. The van der Waals surface area contributed by atoms with Gasteiger partial charge in [-0.15, -0.1) is 0 Å². The lowest BCUT2D eigenvalue weighted by molar-refractivity contribution is -0.114. The summed E-state index contributed by atoms with van der Waals surface area (Å²) in [6.07, 6.45) is 10.9. The van der Waals surface area contributed by atoms with Crippen molar-refractivity contribution < 1.29 is 50.4 Å². The molecule has 4 saturated heterocycles. The molecule has 0 atom stereocenters. The second kappa shape index (κ2) is 21.3. The average molecular weight is 905 g/mol. The van der Waals surface area contributed by atoms with Crippen LogP contribution in [0.4, 0.5) is 18.4 Å². The standard InChI is InChI=1S/2C19H21FN4O3S.CH4O3S/c2*20-14-6-5-13(15(12-14)27-19(26)23-8-3-4-9-23)11-16-17(25)22-18(28-16)24-10-2-1-7-21-24;1-5(2,3)4/h2*5-6,11-12,21H,1-4,7-10H2;1H3,(H,2,3,4)/b2*16-11+;. The molecule has 3 N–H and O–H groups in total. The van der Waals surface area contributed by atoms with Crippen LogP contribution in [0.3, 0.4) is 0 Å². The fourth-order valence-corrected chi connectivity index (χ4v) is 8.38. The maximum Gasteiger partial charge on any atom is 0.415 e. The van der Waals surface area contributed by atoms with E-state index in [-0.39, 0.29) is 23.3 Å². The molecule has 61 heavy (non-hydrogen) atoms. The summed E-state index contributed by atoms with van der Waals surface area (Å²) in [5.74, 6) is -1.52. The topological polar surface area (TPSA) is 203 Å². The summed E-state index contributed by atoms with van der Waals surface area (Å²) < 4.78 is 64.2. The highest BCUT2D eigenvalue weighted by molar-refractivity contribution is 8.18. The predicted octanol–water partition coefficient (Wildman–Crippen LogP) is 5.49. The van der Waals surface area contributed by atoms with E-state index in [0.29, 0.717) is 63.7 Å². The molecule has 2 aromatic carbocycles. The van der Waals surface area contributed by atoms with Crippen molar-refractivity contribution in [3.63, 3.8) is 0 Å². The maximum atomic E-state index is 13.7. The first-order chi connectivity index (χ1) is 29.2. The Morgan fingerprint density at radius 3 is 1.38 bits per heavy atom. The van der Waals surface area contributed by atoms with Crippen LogP contribution >= 0.6 is 23.5 Å². The van der Waals surface area contributed by atoms with Crippen molar-refractivity contribution in [2.75, 3.05) is 58.6 Å². The molecule has 6 aliphatic rings. The molecular weight excluding hydrogens is 859 g/mol. The minimum atomic E-state index is -3.67. The molecule has 0 radical (unpaired) electrons. The van der Waals surface area contributed by atoms with Crippen LogP contribution in [0.1, 0.15) is 62.5 Å². The van der Waals surface area contributed by atoms with Crippen LogP contribution in [0.25, 0.3) is 12.2 Å². The van der Waals surface area contributed by atoms with Crippen LogP contribution in [-0.4, -0.2) is 126 Å². The van der Waals surface area contributed by atoms with Gasteiger partial charge in [0.15, 0.2) is 10.3 Å². The molecule has 17 nitrogen and oxygen atoms in total. The number of nitrogens with one attached hydrogen (secondary N) is 2. The van der Waals surface area contributed by atoms with Crippen LogP contribution in [0, 0.1) is 11.6 Å². The number of ether oxygens (including phenoxy) is 2. The number of nitrogens with zero attached hydrogens (tertiary/aromatic N) is 6. The number of hydrazine groups is 2. The number of carbonyl (C=O) groups excluding carboxylic acids is 4. The summed E-state index contributed by atoms with van der Waals surface area (Å²) in [7, 11) is -3.67. The Balaban J connectivity index is 0.000000184. The molecule has 6 aliphatic heterocycles. The molecule has 4 fully saturated rings. The van der Waals surface area contributed by atoms with Gasteiger partial charge in [-0.2, -0.15) is 18.4 Å². The second-order valence-electron chi connectivity index (χ2n) is 14.4. The molecule has 6 heterocycles. The molecule has 0 spiro atoms. The van der Waals surface area contributed by atoms with E-state index in [1.54, 1.807) is 22.0 Å². The molecule has 4 amide bonds. The number of amides is 4. The predicted molar refractivity (Wildman–Crippen MR) is 228 cm³/mol. The molecule has 0 aliphatic carbocycles. The van der Waals surface area contributed by atoms with Crippen molar-refractivity contribution in [1.82, 2.24) is 30.7 Å². The van der Waals surface area contributed by atoms with Crippen molar-refractivity contribution in [1.29, 1.82) is 0 Å². The van der Waals surface area contributed by atoms with Gasteiger partial charge in [0.1, 0.15) is 23.1 Å². The van der Waals surface area contributed by atoms with E-state index in [4.69, 9.17) is 14.0 Å². The zero-order valence-corrected chi connectivity index (χ0v) is 35.8. The fourth-order valence-electron chi connectivity index (χ4n) is 6.56. The van der Waals surface area contributed by atoms with Gasteiger partial charge in [0.05, 0.1) is 16.1 Å². The third-order valence-electron chi connectivity index (χ3n) is 9.55. The van der Waals surface area contributed by atoms with Crippen molar-refractivity contribution in [2.24, 2.45) is 9.98 Å². The Bertz CT molecular complexity index is 2070. The fraction of sp³-hybridized carbons (Fsp3) is 0.436. The van der Waals surface area contributed by atoms with Gasteiger partial charge < -0.3 is 19.3 Å². The highest BCUT2D eigenvalue weighted by Crippen LogP contribution is 2.35. The van der Waals surface area contributed by atoms with Gasteiger partial charge in [-0.1, -0.05) is 0 Å². The van der Waals surface area contributed by atoms with E-state index in [1.807, 2.05) is 10.0 Å². The van der Waals surface area contributed by atoms with Crippen molar-refractivity contribution in [2.45, 2.75) is 51.4 Å². The number of aliphatic imine (C=N–C) groups is 2. The summed E-state index contributed by atoms with van der Waals surface area (Å²) in [6, 6.07) is 7.88. The van der Waals surface area contributed by atoms with Gasteiger partial charge in [0.25, 0.3) is 21.9 Å². The number of carbonyl (C=O) groups is 4. The zero-order valence-electron chi connectivity index (χ0n) is 33.3. The van der Waals surface area contributed by atoms with E-state index in [0.717, 1.165) is 77.5 Å². The zero-order chi connectivity index (χ0) is 43.5. The number of rotatable bonds is 4. The number of benzene rings is 2. The van der Waals surface area contributed by atoms with E-state index >= 15 is 0 Å². The number of hydrogen-bond donors (Lipinski definition) is 3. The van der Waals surface area contributed by atoms with Gasteiger partial charge >= 0.3 is 12.2 Å². The molecule has 8 rings (SSSR count). The van der Waals surface area contributed by atoms with Crippen molar-refractivity contribution >= 4 is 80.1 Å². The Morgan fingerprint density at radius 2 is 1.03 bits per heavy atom. The summed E-state index contributed by atoms with van der Waals surface area (Å²) in [6.45, 7) is 5.84. The summed E-state index contributed by atoms with van der Waals surface area (Å²) in [5.41, 5.74) is 7.37. The van der Waals surface area contributed by atoms with Crippen molar-refractivity contribution in [3.05, 3.63) is 69.0 Å². The maximum absolute atomic E-state index is 13.7. The Kier molecular flexibility index (Phi) is 15.9. The van der Waals surface area contributed by atoms with Crippen LogP contribution in [0.2, 0.25) is 0 Å². The minimum absolute atomic E-state index is 0.0994. The van der Waals surface area contributed by atoms with Gasteiger partial charge in [0, 0.05) is 75.6 Å². The molecular formula is C39H46F2N8O9S3. The van der Waals surface area contributed by atoms with Crippen LogP contribution in [0.15, 0.2) is 56.2 Å². The molecule has 22 heteroatoms. The molecule has 0 bridgehead atoms. The SMILES string of the molecule is CS(=O)(=O)O.O=C1N=C(N2CCCCN2)S/C1=C/c1ccc(F)cc1OC(=O)N1CCCC1.O=C1N=C(N2CCCCN2)S/C1=C/c1ccc(F)cc1OC(=O)N1CCCC1. The van der Waals surface area contributed by atoms with E-state index < -0.39 is 33.9 Å². The Hall–Kier alpha value is -4.87. The lowest BCUT2D eigenvalue weighted by Crippen LogP contribution is -2.45. The first-order valence-corrected chi connectivity index (χ1v) is 23.2. The van der Waals surface area contributed by atoms with Gasteiger partial charge in [-0.3, -0.25) is 24.2 Å². The van der Waals surface area contributed by atoms with E-state index in [2.05, 4.69) is 20.8 Å². The molecule has 0 saturated carbocycles. The van der Waals surface area contributed by atoms with Crippen LogP contribution in [-0.2, 0) is 19.7 Å². The minimum Gasteiger partial charge on any atom is -0.409 e. The smallest absolute Gasteiger partial charge is 0.409 e. The Labute approximate surface area is 360 Å². The van der Waals surface area contributed by atoms with Crippen LogP contribution < -0.4 is 20.3 Å². The van der Waals surface area contributed by atoms with Gasteiger partial charge in [-0.05, 0) is 111 Å². The third-order valence-corrected chi connectivity index (χ3v) is 11.6. The van der Waals surface area contributed by atoms with Crippen molar-refractivity contribution in [3.8, 4) is 11.5 Å². The van der Waals surface area contributed by atoms with Crippen LogP contribution in [0.5, 0.6) is 11.5 Å². The lowest BCUT2D eigenvalue weighted by atomic mass is 10.2. The van der Waals surface area contributed by atoms with E-state index in [1.165, 1.54) is 59.9 Å². The Morgan fingerprint density at radius 1 is 0.672 bits per heavy atom. The monoisotopic (exact) mass is 904 g/mol. The molecule has 0 aromatic heterocycles. The van der Waals surface area contributed by atoms with Gasteiger partial charge in [0.2, 0.25) is 0 Å². The molecule has 0 unspecified atom stereocenters. The highest BCUT2D eigenvalue weighted by atomic mass is 32.2. The average Bonchev–Trinajstić information content (AvgIpc) is 4.07. The first-order valence-electron chi connectivity index (χ1n) is 19.7. The number of hydrogen-bond acceptors (Lipinski definition) is 14. The number of likely N-dealkylation sites (tertiary alicyclic amines) is 2. The number of thioether (sulfide) groups is 2. The van der Waals surface area contributed by atoms with E-state index in [9.17, 15) is 36.4 Å². The lowest BCUT2D eigenvalue weighted by Gasteiger charge is -2.28. The highest BCUT2D eigenvalue weighted by Gasteiger charge is 2.30. The quantitative estimate of drug-likeness (QED) is 0.257. The number of amidine groups is 2. The second-order valence-corrected chi connectivity index (χ2v) is 17.9. The summed E-state index contributed by atoms with van der Waals surface area (Å²) >= 11 is 2.52.